The molecule has 0 radical (unpaired) electrons. The van der Waals surface area contributed by atoms with Crippen molar-refractivity contribution in [3.05, 3.63) is 35.4 Å². The molecule has 2 atom stereocenters. The van der Waals surface area contributed by atoms with Gasteiger partial charge in [-0.15, -0.1) is 0 Å². The highest BCUT2D eigenvalue weighted by Crippen LogP contribution is 2.41. The zero-order chi connectivity index (χ0) is 21.4. The molecule has 1 saturated heterocycles. The molecule has 2 fully saturated rings. The van der Waals surface area contributed by atoms with Gasteiger partial charge in [-0.2, -0.15) is 0 Å². The molecule has 0 bridgehead atoms. The van der Waals surface area contributed by atoms with Gasteiger partial charge in [0.25, 0.3) is 0 Å². The maximum atomic E-state index is 12.9. The molecular weight excluding hydrogens is 364 g/mol. The highest BCUT2D eigenvalue weighted by molar-refractivity contribution is 5.81. The maximum Gasteiger partial charge on any atom is 0.407 e. The summed E-state index contributed by atoms with van der Waals surface area (Å²) in [4.78, 5) is 26.4. The summed E-state index contributed by atoms with van der Waals surface area (Å²) < 4.78 is 4.68. The fourth-order valence-corrected chi connectivity index (χ4v) is 4.93. The number of likely N-dealkylation sites (tertiary alicyclic amines) is 1. The Morgan fingerprint density at radius 2 is 1.79 bits per heavy atom. The lowest BCUT2D eigenvalue weighted by Gasteiger charge is -2.47. The molecule has 3 rings (SSSR count). The van der Waals surface area contributed by atoms with E-state index in [1.54, 1.807) is 0 Å². The number of methoxy groups -OCH3 is 1. The molecule has 160 valence electrons. The van der Waals surface area contributed by atoms with Crippen molar-refractivity contribution in [3.8, 4) is 0 Å². The standard InChI is InChI=1S/C24H36N2O3/c1-16-15-26(21(27)18-13-24(5,14-18)25-22(28)29-6)12-11-20(16)17-7-9-19(10-8-17)23(2,3)4/h7-10,16,18,20H,11-15H2,1-6H3,(H,25,28)/t16-,18-,20+,24+/m0/s1. The van der Waals surface area contributed by atoms with Gasteiger partial charge in [0.05, 0.1) is 7.11 Å². The molecule has 1 N–H and O–H groups in total. The van der Waals surface area contributed by atoms with Gasteiger partial charge in [-0.1, -0.05) is 52.0 Å². The van der Waals surface area contributed by atoms with E-state index in [2.05, 4.69) is 62.0 Å². The van der Waals surface area contributed by atoms with Crippen molar-refractivity contribution in [2.45, 2.75) is 70.8 Å². The molecule has 0 aromatic heterocycles. The number of nitrogens with zero attached hydrogens (tertiary/aromatic N) is 1. The number of hydrogen-bond donors (Lipinski definition) is 1. The van der Waals surface area contributed by atoms with Crippen molar-refractivity contribution in [1.29, 1.82) is 0 Å². The van der Waals surface area contributed by atoms with Crippen LogP contribution in [0.5, 0.6) is 0 Å². The Morgan fingerprint density at radius 3 is 2.31 bits per heavy atom. The predicted molar refractivity (Wildman–Crippen MR) is 115 cm³/mol. The Balaban J connectivity index is 1.55. The summed E-state index contributed by atoms with van der Waals surface area (Å²) in [7, 11) is 1.36. The van der Waals surface area contributed by atoms with Gasteiger partial charge >= 0.3 is 6.09 Å². The zero-order valence-electron chi connectivity index (χ0n) is 18.7. The molecule has 5 nitrogen and oxygen atoms in total. The molecule has 5 heteroatoms. The maximum absolute atomic E-state index is 12.9. The smallest absolute Gasteiger partial charge is 0.407 e. The lowest BCUT2D eigenvalue weighted by molar-refractivity contribution is -0.143. The summed E-state index contributed by atoms with van der Waals surface area (Å²) >= 11 is 0. The van der Waals surface area contributed by atoms with E-state index in [0.29, 0.717) is 24.7 Å². The summed E-state index contributed by atoms with van der Waals surface area (Å²) in [6.45, 7) is 12.6. The summed E-state index contributed by atoms with van der Waals surface area (Å²) in [5.74, 6) is 1.18. The van der Waals surface area contributed by atoms with E-state index in [1.807, 2.05) is 11.8 Å². The van der Waals surface area contributed by atoms with Crippen molar-refractivity contribution in [2.24, 2.45) is 11.8 Å². The number of piperidine rings is 1. The van der Waals surface area contributed by atoms with Gasteiger partial charge in [-0.25, -0.2) is 4.79 Å². The third kappa shape index (κ3) is 4.76. The van der Waals surface area contributed by atoms with Gasteiger partial charge in [0.2, 0.25) is 5.91 Å². The summed E-state index contributed by atoms with van der Waals surface area (Å²) in [6.07, 6.45) is 1.95. The first-order valence-corrected chi connectivity index (χ1v) is 10.8. The number of ether oxygens (including phenoxy) is 1. The van der Waals surface area contributed by atoms with Crippen molar-refractivity contribution < 1.29 is 14.3 Å². The van der Waals surface area contributed by atoms with Gasteiger partial charge in [0.15, 0.2) is 0 Å². The van der Waals surface area contributed by atoms with Gasteiger partial charge in [-0.3, -0.25) is 4.79 Å². The van der Waals surface area contributed by atoms with E-state index in [9.17, 15) is 9.59 Å². The molecule has 1 aromatic carbocycles. The van der Waals surface area contributed by atoms with Crippen LogP contribution >= 0.6 is 0 Å². The van der Waals surface area contributed by atoms with Crippen LogP contribution in [0.15, 0.2) is 24.3 Å². The van der Waals surface area contributed by atoms with E-state index in [-0.39, 0.29) is 22.8 Å². The number of carbonyl (C=O) groups excluding carboxylic acids is 2. The van der Waals surface area contributed by atoms with Gasteiger partial charge < -0.3 is 15.0 Å². The van der Waals surface area contributed by atoms with Gasteiger partial charge in [-0.05, 0) is 54.6 Å². The van der Waals surface area contributed by atoms with E-state index in [0.717, 1.165) is 19.5 Å². The minimum atomic E-state index is -0.426. The normalized spacial score (nSPS) is 29.7. The SMILES string of the molecule is COC(=O)N[C@]1(C)C[C@H](C(=O)N2CC[C@@H](c3ccc(C(C)(C)C)cc3)[C@@H](C)C2)C1. The van der Waals surface area contributed by atoms with Crippen LogP contribution in [0, 0.1) is 11.8 Å². The quantitative estimate of drug-likeness (QED) is 0.815. The minimum Gasteiger partial charge on any atom is -0.453 e. The second-order valence-electron chi connectivity index (χ2n) is 10.3. The molecule has 0 spiro atoms. The number of alkyl carbamates (subject to hydrolysis) is 1. The summed E-state index contributed by atoms with van der Waals surface area (Å²) in [6, 6.07) is 9.05. The predicted octanol–water partition coefficient (Wildman–Crippen LogP) is 4.46. The number of nitrogens with one attached hydrogen (secondary N) is 1. The minimum absolute atomic E-state index is 0.00646. The lowest BCUT2D eigenvalue weighted by Crippen LogP contribution is -2.59. The lowest BCUT2D eigenvalue weighted by atomic mass is 9.68. The Morgan fingerprint density at radius 1 is 1.17 bits per heavy atom. The number of carbonyl (C=O) groups is 2. The fraction of sp³-hybridized carbons (Fsp3) is 0.667. The number of rotatable bonds is 3. The van der Waals surface area contributed by atoms with E-state index < -0.39 is 6.09 Å². The van der Waals surface area contributed by atoms with Crippen LogP contribution in [0.25, 0.3) is 0 Å². The number of hydrogen-bond acceptors (Lipinski definition) is 3. The van der Waals surface area contributed by atoms with Gasteiger partial charge in [0, 0.05) is 24.5 Å². The molecular formula is C24H36N2O3. The molecule has 2 aliphatic rings. The number of benzene rings is 1. The second kappa shape index (κ2) is 8.00. The van der Waals surface area contributed by atoms with E-state index >= 15 is 0 Å². The largest absolute Gasteiger partial charge is 0.453 e. The van der Waals surface area contributed by atoms with Crippen LogP contribution in [0.1, 0.15) is 70.9 Å². The first-order chi connectivity index (χ1) is 13.5. The van der Waals surface area contributed by atoms with Crippen molar-refractivity contribution in [1.82, 2.24) is 10.2 Å². The van der Waals surface area contributed by atoms with Crippen LogP contribution in [-0.4, -0.2) is 42.6 Å². The zero-order valence-corrected chi connectivity index (χ0v) is 18.7. The van der Waals surface area contributed by atoms with E-state index in [1.165, 1.54) is 18.2 Å². The second-order valence-corrected chi connectivity index (χ2v) is 10.3. The van der Waals surface area contributed by atoms with Gasteiger partial charge in [0.1, 0.15) is 0 Å². The van der Waals surface area contributed by atoms with Crippen LogP contribution in [-0.2, 0) is 14.9 Å². The molecule has 1 aliphatic heterocycles. The third-order valence-electron chi connectivity index (χ3n) is 6.75. The molecule has 0 unspecified atom stereocenters. The van der Waals surface area contributed by atoms with E-state index in [4.69, 9.17) is 0 Å². The van der Waals surface area contributed by atoms with Crippen LogP contribution in [0.2, 0.25) is 0 Å². The van der Waals surface area contributed by atoms with Crippen molar-refractivity contribution in [2.75, 3.05) is 20.2 Å². The monoisotopic (exact) mass is 400 g/mol. The Bertz CT molecular complexity index is 744. The van der Waals surface area contributed by atoms with Crippen molar-refractivity contribution in [3.63, 3.8) is 0 Å². The van der Waals surface area contributed by atoms with Crippen LogP contribution < -0.4 is 5.32 Å². The summed E-state index contributed by atoms with van der Waals surface area (Å²) in [5, 5.41) is 2.85. The summed E-state index contributed by atoms with van der Waals surface area (Å²) in [5.41, 5.74) is 2.58. The fourth-order valence-electron chi connectivity index (χ4n) is 4.93. The topological polar surface area (TPSA) is 58.6 Å². The Labute approximate surface area is 175 Å². The highest BCUT2D eigenvalue weighted by Gasteiger charge is 2.47. The molecule has 29 heavy (non-hydrogen) atoms. The molecule has 1 aromatic rings. The highest BCUT2D eigenvalue weighted by atomic mass is 16.5. The Hall–Kier alpha value is -2.04. The third-order valence-corrected chi connectivity index (χ3v) is 6.75. The first-order valence-electron chi connectivity index (χ1n) is 10.8. The average molecular weight is 401 g/mol. The van der Waals surface area contributed by atoms with Crippen LogP contribution in [0.3, 0.4) is 0 Å². The Kier molecular flexibility index (Phi) is 5.98. The molecule has 1 saturated carbocycles. The molecule has 2 amide bonds. The van der Waals surface area contributed by atoms with Crippen LogP contribution in [0.4, 0.5) is 4.79 Å². The molecule has 1 heterocycles. The molecule has 1 aliphatic carbocycles. The average Bonchev–Trinajstić information content (AvgIpc) is 2.64. The first kappa shape index (κ1) is 21.7. The number of amides is 2. The van der Waals surface area contributed by atoms with Crippen molar-refractivity contribution >= 4 is 12.0 Å².